The first kappa shape index (κ1) is 49.3. The van der Waals surface area contributed by atoms with Gasteiger partial charge in [-0.05, 0) is 72.5 Å². The van der Waals surface area contributed by atoms with Crippen molar-refractivity contribution in [1.29, 1.82) is 0 Å². The second-order valence-corrected chi connectivity index (χ2v) is 27.6. The molecule has 0 fully saturated rings. The van der Waals surface area contributed by atoms with Crippen LogP contribution in [0, 0.1) is 0 Å². The molecule has 4 aromatic carbocycles. The molecule has 0 heterocycles. The summed E-state index contributed by atoms with van der Waals surface area (Å²) in [5.74, 6) is 2.05. The van der Waals surface area contributed by atoms with Crippen LogP contribution in [0.1, 0.15) is 165 Å². The van der Waals surface area contributed by atoms with Crippen molar-refractivity contribution in [1.82, 2.24) is 0 Å². The summed E-state index contributed by atoms with van der Waals surface area (Å²) in [5.41, 5.74) is 6.68. The first-order valence-corrected chi connectivity index (χ1v) is 22.7. The van der Waals surface area contributed by atoms with Gasteiger partial charge in [0.05, 0.1) is 14.2 Å². The number of rotatable bonds is 7. The minimum absolute atomic E-state index is 0. The zero-order valence-electron chi connectivity index (χ0n) is 38.6. The predicted octanol–water partition coefficient (Wildman–Crippen LogP) is 13.9. The minimum atomic E-state index is -0.948. The second-order valence-electron chi connectivity index (χ2n) is 21.2. The summed E-state index contributed by atoms with van der Waals surface area (Å²) >= 11 is 0. The number of methoxy groups -OCH3 is 2. The topological polar surface area (TPSA) is 18.5 Å². The zero-order valence-corrected chi connectivity index (χ0v) is 41.5. The van der Waals surface area contributed by atoms with E-state index >= 15 is 0 Å². The van der Waals surface area contributed by atoms with Crippen molar-refractivity contribution < 1.29 is 26.5 Å². The second kappa shape index (κ2) is 17.9. The van der Waals surface area contributed by atoms with Gasteiger partial charge in [-0.1, -0.05) is 147 Å². The molecule has 0 aromatic heterocycles. The van der Waals surface area contributed by atoms with Gasteiger partial charge in [0.25, 0.3) is 0 Å². The van der Waals surface area contributed by atoms with E-state index in [1.165, 1.54) is 43.7 Å². The first-order valence-electron chi connectivity index (χ1n) is 19.9. The van der Waals surface area contributed by atoms with E-state index in [1.54, 1.807) is 0 Å². The van der Waals surface area contributed by atoms with Gasteiger partial charge in [-0.2, -0.15) is 11.6 Å². The Hall–Kier alpha value is -1.88. The molecule has 0 bridgehead atoms. The molecular weight excluding hydrogens is 750 g/mol. The third-order valence-corrected chi connectivity index (χ3v) is 16.6. The summed E-state index contributed by atoms with van der Waals surface area (Å²) in [6.07, 6.45) is 0. The van der Waals surface area contributed by atoms with Crippen molar-refractivity contribution in [2.75, 3.05) is 14.2 Å². The van der Waals surface area contributed by atoms with Crippen LogP contribution in [0.25, 0.3) is 0 Å². The van der Waals surface area contributed by atoms with Crippen molar-refractivity contribution in [3.63, 3.8) is 0 Å². The Kier molecular flexibility index (Phi) is 16.1. The molecule has 0 N–H and O–H groups in total. The monoisotopic (exact) mass is 826 g/mol. The molecule has 0 amide bonds. The molecule has 5 heteroatoms. The fourth-order valence-corrected chi connectivity index (χ4v) is 15.8. The summed E-state index contributed by atoms with van der Waals surface area (Å²) in [6.45, 7) is 45.1. The third-order valence-electron chi connectivity index (χ3n) is 10.2. The van der Waals surface area contributed by atoms with E-state index in [-0.39, 0.29) is 57.0 Å². The Morgan fingerprint density at radius 3 is 1.05 bits per heavy atom. The molecular formula is C50H76FeO2P2-6. The van der Waals surface area contributed by atoms with Gasteiger partial charge in [0.15, 0.2) is 0 Å². The summed E-state index contributed by atoms with van der Waals surface area (Å²) in [5, 5.41) is 4.69. The summed E-state index contributed by atoms with van der Waals surface area (Å²) in [4.78, 5) is 0. The molecule has 55 heavy (non-hydrogen) atoms. The standard InChI is InChI=1S/C45H71O2P2.C5H5.Fe/c1-29(49(44(14,15)16)45(17,18)19)32-23-22-24-37(32)48(30-25-33(40(2,3)4)38(46-20)34(26-30)41(5,6)7)31-27-35(42(8,9)10)39(47-21)36(28-31)43(11,12)13;1-2-4-5-3-1;/h22-29H,1-21H3;1-5H;/q-1;-5;. The van der Waals surface area contributed by atoms with Crippen molar-refractivity contribution in [2.45, 2.75) is 169 Å². The molecule has 1 unspecified atom stereocenters. The average molecular weight is 827 g/mol. The van der Waals surface area contributed by atoms with Crippen LogP contribution in [0.2, 0.25) is 0 Å². The zero-order chi connectivity index (χ0) is 41.4. The molecule has 0 aliphatic heterocycles. The maximum Gasteiger partial charge on any atom is 0.126 e. The van der Waals surface area contributed by atoms with Crippen LogP contribution in [0.15, 0.2) is 72.8 Å². The number of hydrogen-bond acceptors (Lipinski definition) is 2. The molecule has 0 saturated carbocycles. The van der Waals surface area contributed by atoms with Crippen molar-refractivity contribution in [2.24, 2.45) is 0 Å². The smallest absolute Gasteiger partial charge is 0.126 e. The molecule has 0 spiro atoms. The van der Waals surface area contributed by atoms with Gasteiger partial charge in [0.2, 0.25) is 0 Å². The van der Waals surface area contributed by atoms with E-state index in [9.17, 15) is 0 Å². The van der Waals surface area contributed by atoms with E-state index in [0.717, 1.165) is 11.5 Å². The molecule has 0 aliphatic rings. The Labute approximate surface area is 352 Å². The van der Waals surface area contributed by atoms with Crippen LogP contribution < -0.4 is 25.4 Å². The Balaban J connectivity index is 0.00000161. The van der Waals surface area contributed by atoms with E-state index in [1.807, 2.05) is 44.6 Å². The van der Waals surface area contributed by atoms with E-state index in [2.05, 4.69) is 174 Å². The quantitative estimate of drug-likeness (QED) is 0.105. The van der Waals surface area contributed by atoms with Gasteiger partial charge in [0, 0.05) is 39.3 Å². The molecule has 0 aliphatic carbocycles. The van der Waals surface area contributed by atoms with Crippen LogP contribution in [-0.2, 0) is 38.7 Å². The fraction of sp³-hybridized carbons (Fsp3) is 0.560. The van der Waals surface area contributed by atoms with Gasteiger partial charge in [0.1, 0.15) is 11.5 Å². The van der Waals surface area contributed by atoms with Crippen molar-refractivity contribution in [3.8, 4) is 11.5 Å². The third kappa shape index (κ3) is 11.8. The Bertz CT molecular complexity index is 1620. The maximum absolute atomic E-state index is 6.28. The number of ether oxygens (including phenoxy) is 2. The molecule has 312 valence electrons. The first-order chi connectivity index (χ1) is 24.5. The Morgan fingerprint density at radius 2 is 0.818 bits per heavy atom. The summed E-state index contributed by atoms with van der Waals surface area (Å²) in [6, 6.07) is 27.2. The molecule has 0 saturated heterocycles. The molecule has 0 radical (unpaired) electrons. The van der Waals surface area contributed by atoms with E-state index in [0.29, 0.717) is 5.66 Å². The molecule has 1 atom stereocenters. The molecule has 2 nitrogen and oxygen atoms in total. The van der Waals surface area contributed by atoms with Gasteiger partial charge in [-0.3, -0.25) is 0 Å². The predicted molar refractivity (Wildman–Crippen MR) is 246 cm³/mol. The summed E-state index contributed by atoms with van der Waals surface area (Å²) in [7, 11) is 2.36. The van der Waals surface area contributed by atoms with Crippen LogP contribution in [-0.4, -0.2) is 24.5 Å². The fourth-order valence-electron chi connectivity index (χ4n) is 8.19. The van der Waals surface area contributed by atoms with Crippen LogP contribution >= 0.6 is 15.8 Å². The number of benzene rings is 2. The van der Waals surface area contributed by atoms with Crippen LogP contribution in [0.4, 0.5) is 0 Å². The SMILES string of the molecule is COc1c(C(C)(C)C)cc(P(c2cc(C(C)(C)C)c(OC)c(C(C)(C)C)c2)[c-]2cccc2C(C)P(C(C)(C)C)C(C)(C)C)cc1C(C)(C)C.[Fe].[cH-]1[cH-][cH-][cH-][cH-]1. The van der Waals surface area contributed by atoms with E-state index in [4.69, 9.17) is 9.47 Å². The van der Waals surface area contributed by atoms with Gasteiger partial charge < -0.3 is 39.8 Å². The Morgan fingerprint density at radius 1 is 0.527 bits per heavy atom. The molecule has 4 aromatic rings. The minimum Gasteiger partial charge on any atom is -0.748 e. The van der Waals surface area contributed by atoms with Gasteiger partial charge in [-0.15, -0.1) is 5.30 Å². The normalized spacial score (nSPS) is 13.7. The van der Waals surface area contributed by atoms with Crippen LogP contribution in [0.5, 0.6) is 11.5 Å². The number of hydrogen-bond donors (Lipinski definition) is 0. The molecule has 4 rings (SSSR count). The van der Waals surface area contributed by atoms with Gasteiger partial charge >= 0.3 is 0 Å². The maximum atomic E-state index is 6.28. The largest absolute Gasteiger partial charge is 0.748 e. The van der Waals surface area contributed by atoms with Crippen molar-refractivity contribution >= 4 is 31.8 Å². The van der Waals surface area contributed by atoms with E-state index < -0.39 is 7.92 Å². The van der Waals surface area contributed by atoms with Crippen molar-refractivity contribution in [3.05, 3.63) is 101 Å². The van der Waals surface area contributed by atoms with Crippen LogP contribution in [0.3, 0.4) is 0 Å². The summed E-state index contributed by atoms with van der Waals surface area (Å²) < 4.78 is 12.6. The average Bonchev–Trinajstić information content (AvgIpc) is 3.73. The van der Waals surface area contributed by atoms with Gasteiger partial charge in [-0.25, -0.2) is 12.1 Å².